The summed E-state index contributed by atoms with van der Waals surface area (Å²) < 4.78 is 1.99. The highest BCUT2D eigenvalue weighted by atomic mass is 15.0. The number of nitrogens with two attached hydrogens (primary N) is 1. The lowest BCUT2D eigenvalue weighted by Crippen LogP contribution is -1.97. The molecule has 20 heavy (non-hydrogen) atoms. The van der Waals surface area contributed by atoms with E-state index in [2.05, 4.69) is 11.8 Å². The Hall–Kier alpha value is -2.92. The highest BCUT2D eigenvalue weighted by molar-refractivity contribution is 5.61. The number of benzene rings is 2. The van der Waals surface area contributed by atoms with E-state index in [1.54, 1.807) is 0 Å². The van der Waals surface area contributed by atoms with Crippen LogP contribution in [-0.4, -0.2) is 4.57 Å². The fraction of sp³-hybridized carbons (Fsp3) is 0. The molecule has 0 aliphatic heterocycles. The molecule has 0 bridgehead atoms. The molecule has 0 radical (unpaired) electrons. The van der Waals surface area contributed by atoms with Gasteiger partial charge in [0.2, 0.25) is 0 Å². The van der Waals surface area contributed by atoms with Crippen LogP contribution in [0.15, 0.2) is 73.1 Å². The van der Waals surface area contributed by atoms with Gasteiger partial charge in [0.25, 0.3) is 0 Å². The highest BCUT2D eigenvalue weighted by Gasteiger charge is 2.01. The van der Waals surface area contributed by atoms with Gasteiger partial charge in [0, 0.05) is 23.5 Å². The van der Waals surface area contributed by atoms with E-state index in [1.165, 1.54) is 0 Å². The quantitative estimate of drug-likeness (QED) is 0.526. The minimum atomic E-state index is 0.742. The summed E-state index contributed by atoms with van der Waals surface area (Å²) in [5.41, 5.74) is 9.67. The van der Waals surface area contributed by atoms with E-state index in [-0.39, 0.29) is 0 Å². The van der Waals surface area contributed by atoms with Crippen LogP contribution < -0.4 is 5.73 Å². The SMILES string of the molecule is Nc1ccc(C#Cc2ccccc2)cc1-n1cccc1. The van der Waals surface area contributed by atoms with Gasteiger partial charge in [0.15, 0.2) is 0 Å². The van der Waals surface area contributed by atoms with Crippen LogP contribution >= 0.6 is 0 Å². The molecular weight excluding hydrogens is 244 g/mol. The molecule has 0 spiro atoms. The first-order valence-electron chi connectivity index (χ1n) is 6.43. The van der Waals surface area contributed by atoms with E-state index in [9.17, 15) is 0 Å². The molecule has 0 saturated carbocycles. The Kier molecular flexibility index (Phi) is 3.26. The number of nitrogen functional groups attached to an aromatic ring is 1. The lowest BCUT2D eigenvalue weighted by molar-refractivity contribution is 1.08. The van der Waals surface area contributed by atoms with Gasteiger partial charge in [-0.15, -0.1) is 0 Å². The molecular formula is C18H14N2. The summed E-state index contributed by atoms with van der Waals surface area (Å²) in [6, 6.07) is 19.7. The maximum absolute atomic E-state index is 6.02. The van der Waals surface area contributed by atoms with Crippen LogP contribution in [0.5, 0.6) is 0 Å². The van der Waals surface area contributed by atoms with Gasteiger partial charge in [-0.25, -0.2) is 0 Å². The maximum Gasteiger partial charge on any atom is 0.0693 e. The predicted octanol–water partition coefficient (Wildman–Crippen LogP) is 3.46. The number of hydrogen-bond acceptors (Lipinski definition) is 1. The second kappa shape index (κ2) is 5.38. The molecule has 2 aromatic carbocycles. The third kappa shape index (κ3) is 2.57. The summed E-state index contributed by atoms with van der Waals surface area (Å²) in [6.07, 6.45) is 3.94. The van der Waals surface area contributed by atoms with Crippen molar-refractivity contribution in [1.82, 2.24) is 4.57 Å². The molecule has 0 aliphatic rings. The molecule has 2 nitrogen and oxygen atoms in total. The Morgan fingerprint density at radius 1 is 0.750 bits per heavy atom. The fourth-order valence-electron chi connectivity index (χ4n) is 2.01. The summed E-state index contributed by atoms with van der Waals surface area (Å²) in [6.45, 7) is 0. The van der Waals surface area contributed by atoms with E-state index in [4.69, 9.17) is 5.73 Å². The minimum absolute atomic E-state index is 0.742. The average Bonchev–Trinajstić information content (AvgIpc) is 3.01. The molecule has 3 aromatic rings. The van der Waals surface area contributed by atoms with Gasteiger partial charge in [-0.05, 0) is 42.5 Å². The number of rotatable bonds is 1. The number of anilines is 1. The van der Waals surface area contributed by atoms with Crippen molar-refractivity contribution < 1.29 is 0 Å². The molecule has 0 saturated heterocycles. The normalized spacial score (nSPS) is 9.80. The number of aromatic nitrogens is 1. The average molecular weight is 258 g/mol. The van der Waals surface area contributed by atoms with E-state index >= 15 is 0 Å². The van der Waals surface area contributed by atoms with Gasteiger partial charge in [-0.1, -0.05) is 30.0 Å². The van der Waals surface area contributed by atoms with Crippen molar-refractivity contribution in [2.24, 2.45) is 0 Å². The van der Waals surface area contributed by atoms with Crippen molar-refractivity contribution in [1.29, 1.82) is 0 Å². The van der Waals surface area contributed by atoms with Crippen LogP contribution in [0.4, 0.5) is 5.69 Å². The van der Waals surface area contributed by atoms with E-state index in [0.717, 1.165) is 22.5 Å². The van der Waals surface area contributed by atoms with Crippen LogP contribution in [0.25, 0.3) is 5.69 Å². The molecule has 0 aliphatic carbocycles. The molecule has 3 rings (SSSR count). The third-order valence-corrected chi connectivity index (χ3v) is 3.04. The van der Waals surface area contributed by atoms with E-state index < -0.39 is 0 Å². The Labute approximate surface area is 118 Å². The van der Waals surface area contributed by atoms with Crippen LogP contribution in [-0.2, 0) is 0 Å². The van der Waals surface area contributed by atoms with Crippen molar-refractivity contribution in [3.05, 3.63) is 84.2 Å². The molecule has 2 heteroatoms. The van der Waals surface area contributed by atoms with E-state index in [1.807, 2.05) is 77.6 Å². The van der Waals surface area contributed by atoms with Crippen molar-refractivity contribution >= 4 is 5.69 Å². The van der Waals surface area contributed by atoms with Gasteiger partial charge in [0.1, 0.15) is 0 Å². The first-order chi connectivity index (χ1) is 9.83. The van der Waals surface area contributed by atoms with Crippen LogP contribution in [0.2, 0.25) is 0 Å². The first-order valence-corrected chi connectivity index (χ1v) is 6.43. The number of hydrogen-bond donors (Lipinski definition) is 1. The Balaban J connectivity index is 1.97. The smallest absolute Gasteiger partial charge is 0.0693 e. The second-order valence-electron chi connectivity index (χ2n) is 4.48. The van der Waals surface area contributed by atoms with Crippen molar-refractivity contribution in [3.63, 3.8) is 0 Å². The maximum atomic E-state index is 6.02. The van der Waals surface area contributed by atoms with Crippen molar-refractivity contribution in [3.8, 4) is 17.5 Å². The van der Waals surface area contributed by atoms with Crippen molar-refractivity contribution in [2.75, 3.05) is 5.73 Å². The fourth-order valence-corrected chi connectivity index (χ4v) is 2.01. The zero-order valence-corrected chi connectivity index (χ0v) is 11.0. The molecule has 2 N–H and O–H groups in total. The van der Waals surface area contributed by atoms with E-state index in [0.29, 0.717) is 0 Å². The molecule has 1 aromatic heterocycles. The first kappa shape index (κ1) is 12.1. The Bertz CT molecular complexity index is 760. The second-order valence-corrected chi connectivity index (χ2v) is 4.48. The van der Waals surface area contributed by atoms with Gasteiger partial charge >= 0.3 is 0 Å². The predicted molar refractivity (Wildman–Crippen MR) is 82.6 cm³/mol. The molecule has 0 atom stereocenters. The topological polar surface area (TPSA) is 30.9 Å². The summed E-state index contributed by atoms with van der Waals surface area (Å²) in [5.74, 6) is 6.32. The Morgan fingerprint density at radius 3 is 2.20 bits per heavy atom. The molecule has 0 unspecified atom stereocenters. The largest absolute Gasteiger partial charge is 0.397 e. The summed E-state index contributed by atoms with van der Waals surface area (Å²) in [4.78, 5) is 0. The summed E-state index contributed by atoms with van der Waals surface area (Å²) >= 11 is 0. The number of nitrogens with zero attached hydrogens (tertiary/aromatic N) is 1. The summed E-state index contributed by atoms with van der Waals surface area (Å²) in [7, 11) is 0. The van der Waals surface area contributed by atoms with Gasteiger partial charge in [0.05, 0.1) is 11.4 Å². The van der Waals surface area contributed by atoms with Gasteiger partial charge in [-0.2, -0.15) is 0 Å². The van der Waals surface area contributed by atoms with Crippen molar-refractivity contribution in [2.45, 2.75) is 0 Å². The molecule has 96 valence electrons. The zero-order chi connectivity index (χ0) is 13.8. The minimum Gasteiger partial charge on any atom is -0.397 e. The lowest BCUT2D eigenvalue weighted by Gasteiger charge is -2.07. The third-order valence-electron chi connectivity index (χ3n) is 3.04. The van der Waals surface area contributed by atoms with Crippen LogP contribution in [0, 0.1) is 11.8 Å². The monoisotopic (exact) mass is 258 g/mol. The lowest BCUT2D eigenvalue weighted by atomic mass is 10.1. The highest BCUT2D eigenvalue weighted by Crippen LogP contribution is 2.18. The molecule has 0 fully saturated rings. The Morgan fingerprint density at radius 2 is 1.45 bits per heavy atom. The summed E-state index contributed by atoms with van der Waals surface area (Å²) in [5, 5.41) is 0. The van der Waals surface area contributed by atoms with Crippen LogP contribution in [0.3, 0.4) is 0 Å². The van der Waals surface area contributed by atoms with Gasteiger partial charge in [-0.3, -0.25) is 0 Å². The zero-order valence-electron chi connectivity index (χ0n) is 11.0. The standard InChI is InChI=1S/C18H14N2/c19-17-11-10-16(9-8-15-6-2-1-3-7-15)14-18(17)20-12-4-5-13-20/h1-7,10-14H,19H2. The van der Waals surface area contributed by atoms with Gasteiger partial charge < -0.3 is 10.3 Å². The molecule has 0 amide bonds. The molecule has 1 heterocycles. The van der Waals surface area contributed by atoms with Crippen LogP contribution in [0.1, 0.15) is 11.1 Å².